The molecular weight excluding hydrogens is 328 g/mol. The van der Waals surface area contributed by atoms with Gasteiger partial charge in [-0.05, 0) is 36.4 Å². The second kappa shape index (κ2) is 7.17. The quantitative estimate of drug-likeness (QED) is 0.733. The van der Waals surface area contributed by atoms with Gasteiger partial charge < -0.3 is 14.6 Å². The average Bonchev–Trinajstić information content (AvgIpc) is 3.10. The van der Waals surface area contributed by atoms with Crippen molar-refractivity contribution >= 4 is 22.6 Å². The van der Waals surface area contributed by atoms with Crippen molar-refractivity contribution in [1.29, 1.82) is 0 Å². The summed E-state index contributed by atoms with van der Waals surface area (Å²) >= 11 is 0. The van der Waals surface area contributed by atoms with Crippen LogP contribution in [0.5, 0.6) is 0 Å². The number of anilines is 1. The number of piperazine rings is 1. The molecule has 0 bridgehead atoms. The Balaban J connectivity index is 1.41. The zero-order valence-corrected chi connectivity index (χ0v) is 14.8. The highest BCUT2D eigenvalue weighted by Crippen LogP contribution is 2.20. The van der Waals surface area contributed by atoms with Crippen molar-refractivity contribution in [2.45, 2.75) is 6.54 Å². The number of esters is 1. The SMILES string of the molecule is COC(=O)c1ccc2[nH]c(CN3CCN(c4ccncc4)CC3)cc2c1. The molecule has 134 valence electrons. The topological polar surface area (TPSA) is 61.5 Å². The molecule has 6 heteroatoms. The van der Waals surface area contributed by atoms with Gasteiger partial charge in [-0.1, -0.05) is 0 Å². The lowest BCUT2D eigenvalue weighted by molar-refractivity contribution is 0.0601. The van der Waals surface area contributed by atoms with Crippen molar-refractivity contribution in [1.82, 2.24) is 14.9 Å². The van der Waals surface area contributed by atoms with Crippen LogP contribution in [-0.4, -0.2) is 54.1 Å². The van der Waals surface area contributed by atoms with Gasteiger partial charge in [-0.3, -0.25) is 9.88 Å². The molecule has 26 heavy (non-hydrogen) atoms. The fourth-order valence-electron chi connectivity index (χ4n) is 3.48. The van der Waals surface area contributed by atoms with E-state index in [1.165, 1.54) is 18.5 Å². The molecule has 1 fully saturated rings. The van der Waals surface area contributed by atoms with Crippen LogP contribution in [0.3, 0.4) is 0 Å². The molecule has 4 rings (SSSR count). The fraction of sp³-hybridized carbons (Fsp3) is 0.300. The molecule has 6 nitrogen and oxygen atoms in total. The number of rotatable bonds is 4. The molecule has 2 aromatic heterocycles. The normalized spacial score (nSPS) is 15.3. The van der Waals surface area contributed by atoms with E-state index in [1.54, 1.807) is 6.07 Å². The molecule has 0 amide bonds. The molecule has 1 aliphatic rings. The summed E-state index contributed by atoms with van der Waals surface area (Å²) in [7, 11) is 1.40. The average molecular weight is 350 g/mol. The van der Waals surface area contributed by atoms with Crippen molar-refractivity contribution in [2.75, 3.05) is 38.2 Å². The van der Waals surface area contributed by atoms with Gasteiger partial charge in [-0.25, -0.2) is 4.79 Å². The van der Waals surface area contributed by atoms with E-state index in [-0.39, 0.29) is 5.97 Å². The Morgan fingerprint density at radius 2 is 1.88 bits per heavy atom. The van der Waals surface area contributed by atoms with Crippen LogP contribution in [-0.2, 0) is 11.3 Å². The van der Waals surface area contributed by atoms with Gasteiger partial charge in [0.2, 0.25) is 0 Å². The maximum Gasteiger partial charge on any atom is 0.337 e. The summed E-state index contributed by atoms with van der Waals surface area (Å²) in [5.41, 5.74) is 4.03. The van der Waals surface area contributed by atoms with Crippen molar-refractivity contribution in [2.24, 2.45) is 0 Å². The van der Waals surface area contributed by atoms with E-state index in [0.29, 0.717) is 5.56 Å². The monoisotopic (exact) mass is 350 g/mol. The number of carbonyl (C=O) groups excluding carboxylic acids is 1. The maximum absolute atomic E-state index is 11.7. The summed E-state index contributed by atoms with van der Waals surface area (Å²) in [6, 6.07) is 11.9. The third-order valence-electron chi connectivity index (χ3n) is 4.89. The Labute approximate surface area is 152 Å². The number of nitrogens with zero attached hydrogens (tertiary/aromatic N) is 3. The molecule has 0 saturated carbocycles. The summed E-state index contributed by atoms with van der Waals surface area (Å²) < 4.78 is 4.79. The smallest absolute Gasteiger partial charge is 0.337 e. The lowest BCUT2D eigenvalue weighted by Crippen LogP contribution is -2.46. The molecule has 1 aromatic carbocycles. The molecule has 0 atom stereocenters. The molecule has 1 saturated heterocycles. The van der Waals surface area contributed by atoms with Gasteiger partial charge >= 0.3 is 5.97 Å². The highest BCUT2D eigenvalue weighted by atomic mass is 16.5. The molecule has 0 unspecified atom stereocenters. The van der Waals surface area contributed by atoms with Crippen molar-refractivity contribution in [3.63, 3.8) is 0 Å². The molecule has 0 aliphatic carbocycles. The summed E-state index contributed by atoms with van der Waals surface area (Å²) in [6.07, 6.45) is 3.68. The zero-order valence-electron chi connectivity index (χ0n) is 14.8. The van der Waals surface area contributed by atoms with E-state index in [2.05, 4.69) is 38.0 Å². The summed E-state index contributed by atoms with van der Waals surface area (Å²) in [5, 5.41) is 1.04. The minimum Gasteiger partial charge on any atom is -0.465 e. The van der Waals surface area contributed by atoms with E-state index in [0.717, 1.165) is 43.6 Å². The Morgan fingerprint density at radius 3 is 2.62 bits per heavy atom. The predicted molar refractivity (Wildman–Crippen MR) is 101 cm³/mol. The number of aromatic amines is 1. The Bertz CT molecular complexity index is 899. The standard InChI is InChI=1S/C20H22N4O2/c1-26-20(25)15-2-3-19-16(12-15)13-17(22-19)14-23-8-10-24(11-9-23)18-4-6-21-7-5-18/h2-7,12-13,22H,8-11,14H2,1H3. The first kappa shape index (κ1) is 16.6. The Hall–Kier alpha value is -2.86. The number of benzene rings is 1. The number of nitrogens with one attached hydrogen (secondary N) is 1. The van der Waals surface area contributed by atoms with Gasteiger partial charge in [0, 0.05) is 67.4 Å². The van der Waals surface area contributed by atoms with Gasteiger partial charge in [0.05, 0.1) is 12.7 Å². The number of H-pyrrole nitrogens is 1. The summed E-state index contributed by atoms with van der Waals surface area (Å²) in [6.45, 7) is 4.94. The van der Waals surface area contributed by atoms with Crippen LogP contribution in [0.2, 0.25) is 0 Å². The number of aromatic nitrogens is 2. The third kappa shape index (κ3) is 3.41. The Kier molecular flexibility index (Phi) is 4.58. The van der Waals surface area contributed by atoms with Crippen LogP contribution in [0.25, 0.3) is 10.9 Å². The van der Waals surface area contributed by atoms with Crippen molar-refractivity contribution < 1.29 is 9.53 Å². The van der Waals surface area contributed by atoms with Crippen LogP contribution in [0, 0.1) is 0 Å². The van der Waals surface area contributed by atoms with Gasteiger partial charge in [0.25, 0.3) is 0 Å². The number of hydrogen-bond acceptors (Lipinski definition) is 5. The van der Waals surface area contributed by atoms with Crippen LogP contribution in [0.15, 0.2) is 48.8 Å². The second-order valence-corrected chi connectivity index (χ2v) is 6.56. The van der Waals surface area contributed by atoms with Gasteiger partial charge in [-0.2, -0.15) is 0 Å². The Morgan fingerprint density at radius 1 is 1.12 bits per heavy atom. The molecule has 0 spiro atoms. The van der Waals surface area contributed by atoms with Crippen LogP contribution in [0.4, 0.5) is 5.69 Å². The first-order valence-corrected chi connectivity index (χ1v) is 8.80. The highest BCUT2D eigenvalue weighted by molar-refractivity contribution is 5.94. The summed E-state index contributed by atoms with van der Waals surface area (Å²) in [4.78, 5) is 24.1. The number of ether oxygens (including phenoxy) is 1. The number of pyridine rings is 1. The van der Waals surface area contributed by atoms with E-state index in [1.807, 2.05) is 24.5 Å². The molecule has 1 aliphatic heterocycles. The van der Waals surface area contributed by atoms with E-state index >= 15 is 0 Å². The number of carbonyl (C=O) groups is 1. The highest BCUT2D eigenvalue weighted by Gasteiger charge is 2.18. The van der Waals surface area contributed by atoms with Crippen molar-refractivity contribution in [3.05, 3.63) is 60.0 Å². The number of methoxy groups -OCH3 is 1. The van der Waals surface area contributed by atoms with E-state index in [4.69, 9.17) is 4.74 Å². The van der Waals surface area contributed by atoms with Gasteiger partial charge in [0.1, 0.15) is 0 Å². The predicted octanol–water partition coefficient (Wildman–Crippen LogP) is 2.67. The lowest BCUT2D eigenvalue weighted by Gasteiger charge is -2.35. The maximum atomic E-state index is 11.7. The second-order valence-electron chi connectivity index (χ2n) is 6.56. The zero-order chi connectivity index (χ0) is 17.9. The third-order valence-corrected chi connectivity index (χ3v) is 4.89. The molecular formula is C20H22N4O2. The van der Waals surface area contributed by atoms with Crippen molar-refractivity contribution in [3.8, 4) is 0 Å². The first-order valence-electron chi connectivity index (χ1n) is 8.80. The van der Waals surface area contributed by atoms with Crippen LogP contribution >= 0.6 is 0 Å². The van der Waals surface area contributed by atoms with Gasteiger partial charge in [-0.15, -0.1) is 0 Å². The van der Waals surface area contributed by atoms with E-state index in [9.17, 15) is 4.79 Å². The molecule has 3 heterocycles. The minimum atomic E-state index is -0.304. The van der Waals surface area contributed by atoms with Crippen LogP contribution in [0.1, 0.15) is 16.1 Å². The largest absolute Gasteiger partial charge is 0.465 e. The van der Waals surface area contributed by atoms with E-state index < -0.39 is 0 Å². The van der Waals surface area contributed by atoms with Gasteiger partial charge in [0.15, 0.2) is 0 Å². The fourth-order valence-corrected chi connectivity index (χ4v) is 3.48. The molecule has 3 aromatic rings. The molecule has 0 radical (unpaired) electrons. The van der Waals surface area contributed by atoms with Crippen LogP contribution < -0.4 is 4.90 Å². The number of hydrogen-bond donors (Lipinski definition) is 1. The lowest BCUT2D eigenvalue weighted by atomic mass is 10.1. The minimum absolute atomic E-state index is 0.304. The number of fused-ring (bicyclic) bond motifs is 1. The summed E-state index contributed by atoms with van der Waals surface area (Å²) in [5.74, 6) is -0.304. The first-order chi connectivity index (χ1) is 12.7. The molecule has 1 N–H and O–H groups in total.